The van der Waals surface area contributed by atoms with Crippen LogP contribution in [0, 0.1) is 11.3 Å². The Bertz CT molecular complexity index is 270. The highest BCUT2D eigenvalue weighted by atomic mass is 16.5. The number of aliphatic hydroxyl groups excluding tert-OH is 2. The lowest BCUT2D eigenvalue weighted by molar-refractivity contribution is 0.00786. The summed E-state index contributed by atoms with van der Waals surface area (Å²) in [6, 6.07) is 0. The molecule has 3 N–H and O–H groups in total. The highest BCUT2D eigenvalue weighted by Crippen LogP contribution is 2.43. The highest BCUT2D eigenvalue weighted by molar-refractivity contribution is 4.98. The smallest absolute Gasteiger partial charge is 0.0897 e. The quantitative estimate of drug-likeness (QED) is 0.658. The second-order valence-corrected chi connectivity index (χ2v) is 6.99. The van der Waals surface area contributed by atoms with Crippen molar-refractivity contribution in [1.29, 1.82) is 0 Å². The minimum atomic E-state index is -0.510. The van der Waals surface area contributed by atoms with E-state index < -0.39 is 6.10 Å². The molecule has 3 atom stereocenters. The molecule has 1 saturated carbocycles. The van der Waals surface area contributed by atoms with Gasteiger partial charge in [-0.3, -0.25) is 0 Å². The zero-order valence-electron chi connectivity index (χ0n) is 12.9. The first-order valence-electron chi connectivity index (χ1n) is 7.44. The second-order valence-electron chi connectivity index (χ2n) is 6.99. The zero-order chi connectivity index (χ0) is 14.5. The molecule has 0 unspecified atom stereocenters. The molecule has 1 aliphatic rings. The number of aliphatic hydroxyl groups is 2. The Labute approximate surface area is 117 Å². The van der Waals surface area contributed by atoms with E-state index in [0.29, 0.717) is 25.7 Å². The van der Waals surface area contributed by atoms with Gasteiger partial charge in [-0.1, -0.05) is 20.8 Å². The van der Waals surface area contributed by atoms with Gasteiger partial charge >= 0.3 is 0 Å². The fourth-order valence-electron chi connectivity index (χ4n) is 3.70. The van der Waals surface area contributed by atoms with Crippen molar-refractivity contribution < 1.29 is 14.9 Å². The van der Waals surface area contributed by atoms with Crippen LogP contribution in [-0.2, 0) is 4.74 Å². The second kappa shape index (κ2) is 7.02. The van der Waals surface area contributed by atoms with Crippen LogP contribution < -0.4 is 5.32 Å². The monoisotopic (exact) mass is 273 g/mol. The standard InChI is InChI=1S/C15H31NO3/c1-5-19-9-13(18)8-16-15(11-17)7-12(2)6-14(3,4)10-15/h12-13,16-18H,5-11H2,1-4H3/t12-,13-,15+/m1/s1. The van der Waals surface area contributed by atoms with E-state index in [2.05, 4.69) is 26.1 Å². The molecular weight excluding hydrogens is 242 g/mol. The minimum absolute atomic E-state index is 0.127. The SMILES string of the molecule is CCOC[C@H](O)CN[C@@]1(CO)C[C@H](C)CC(C)(C)C1. The lowest BCUT2D eigenvalue weighted by Gasteiger charge is -2.47. The van der Waals surface area contributed by atoms with Crippen LogP contribution in [0.25, 0.3) is 0 Å². The molecule has 0 bridgehead atoms. The van der Waals surface area contributed by atoms with E-state index in [9.17, 15) is 10.2 Å². The Morgan fingerprint density at radius 2 is 2.05 bits per heavy atom. The molecule has 0 aromatic rings. The van der Waals surface area contributed by atoms with E-state index in [1.54, 1.807) is 0 Å². The molecule has 1 aliphatic carbocycles. The van der Waals surface area contributed by atoms with E-state index in [-0.39, 0.29) is 17.6 Å². The number of nitrogens with one attached hydrogen (secondary N) is 1. The summed E-state index contributed by atoms with van der Waals surface area (Å²) < 4.78 is 5.21. The van der Waals surface area contributed by atoms with Gasteiger partial charge in [0.2, 0.25) is 0 Å². The summed E-state index contributed by atoms with van der Waals surface area (Å²) in [4.78, 5) is 0. The van der Waals surface area contributed by atoms with Crippen LogP contribution in [0.3, 0.4) is 0 Å². The zero-order valence-corrected chi connectivity index (χ0v) is 12.9. The van der Waals surface area contributed by atoms with E-state index in [1.807, 2.05) is 6.92 Å². The first-order chi connectivity index (χ1) is 8.82. The fourth-order valence-corrected chi connectivity index (χ4v) is 3.70. The third kappa shape index (κ3) is 5.38. The predicted molar refractivity (Wildman–Crippen MR) is 77.1 cm³/mol. The van der Waals surface area contributed by atoms with Gasteiger partial charge in [0.15, 0.2) is 0 Å². The number of rotatable bonds is 7. The molecule has 0 aromatic carbocycles. The molecular formula is C15H31NO3. The largest absolute Gasteiger partial charge is 0.394 e. The van der Waals surface area contributed by atoms with Gasteiger partial charge < -0.3 is 20.3 Å². The van der Waals surface area contributed by atoms with Crippen LogP contribution in [0.5, 0.6) is 0 Å². The highest BCUT2D eigenvalue weighted by Gasteiger charge is 2.42. The minimum Gasteiger partial charge on any atom is -0.394 e. The van der Waals surface area contributed by atoms with E-state index >= 15 is 0 Å². The van der Waals surface area contributed by atoms with Crippen molar-refractivity contribution in [2.75, 3.05) is 26.4 Å². The van der Waals surface area contributed by atoms with Gasteiger partial charge in [-0.2, -0.15) is 0 Å². The molecule has 114 valence electrons. The number of β-amino-alcohol motifs (C(OH)–C–C–N with tert-alkyl or cyclic N) is 1. The van der Waals surface area contributed by atoms with Gasteiger partial charge in [0.25, 0.3) is 0 Å². The Balaban J connectivity index is 2.55. The molecule has 0 radical (unpaired) electrons. The summed E-state index contributed by atoms with van der Waals surface area (Å²) in [5.41, 5.74) is -0.0212. The van der Waals surface area contributed by atoms with Gasteiger partial charge in [0, 0.05) is 18.7 Å². The van der Waals surface area contributed by atoms with Crippen LogP contribution in [-0.4, -0.2) is 48.2 Å². The normalized spacial score (nSPS) is 32.2. The van der Waals surface area contributed by atoms with Crippen LogP contribution in [0.15, 0.2) is 0 Å². The fraction of sp³-hybridized carbons (Fsp3) is 1.00. The average molecular weight is 273 g/mol. The van der Waals surface area contributed by atoms with Gasteiger partial charge in [-0.05, 0) is 37.5 Å². The average Bonchev–Trinajstić information content (AvgIpc) is 2.31. The summed E-state index contributed by atoms with van der Waals surface area (Å²) in [7, 11) is 0. The van der Waals surface area contributed by atoms with Crippen molar-refractivity contribution in [3.05, 3.63) is 0 Å². The Morgan fingerprint density at radius 1 is 1.37 bits per heavy atom. The molecule has 0 saturated heterocycles. The van der Waals surface area contributed by atoms with Gasteiger partial charge in [0.1, 0.15) is 0 Å². The lowest BCUT2D eigenvalue weighted by atomic mass is 9.64. The van der Waals surface area contributed by atoms with Crippen LogP contribution >= 0.6 is 0 Å². The van der Waals surface area contributed by atoms with E-state index in [4.69, 9.17) is 4.74 Å². The molecule has 0 aliphatic heterocycles. The van der Waals surface area contributed by atoms with Crippen LogP contribution in [0.1, 0.15) is 47.0 Å². The summed E-state index contributed by atoms with van der Waals surface area (Å²) in [6.45, 7) is 10.2. The summed E-state index contributed by atoms with van der Waals surface area (Å²) in [5.74, 6) is 0.590. The first-order valence-corrected chi connectivity index (χ1v) is 7.44. The molecule has 1 rings (SSSR count). The van der Waals surface area contributed by atoms with Gasteiger partial charge in [-0.15, -0.1) is 0 Å². The van der Waals surface area contributed by atoms with Crippen LogP contribution in [0.2, 0.25) is 0 Å². The third-order valence-corrected chi connectivity index (χ3v) is 3.99. The van der Waals surface area contributed by atoms with Crippen molar-refractivity contribution in [2.45, 2.75) is 58.6 Å². The maximum atomic E-state index is 9.85. The molecule has 0 amide bonds. The van der Waals surface area contributed by atoms with Crippen LogP contribution in [0.4, 0.5) is 0 Å². The van der Waals surface area contributed by atoms with Gasteiger partial charge in [-0.25, -0.2) is 0 Å². The topological polar surface area (TPSA) is 61.7 Å². The Hall–Kier alpha value is -0.160. The summed E-state index contributed by atoms with van der Waals surface area (Å²) in [6.07, 6.45) is 2.60. The number of hydrogen-bond acceptors (Lipinski definition) is 4. The van der Waals surface area contributed by atoms with Crippen molar-refractivity contribution in [3.8, 4) is 0 Å². The predicted octanol–water partition coefficient (Wildman–Crippen LogP) is 1.55. The molecule has 0 spiro atoms. The molecule has 1 fully saturated rings. The number of ether oxygens (including phenoxy) is 1. The van der Waals surface area contributed by atoms with Crippen molar-refractivity contribution >= 4 is 0 Å². The van der Waals surface area contributed by atoms with Gasteiger partial charge in [0.05, 0.1) is 19.3 Å². The number of hydrogen-bond donors (Lipinski definition) is 3. The van der Waals surface area contributed by atoms with E-state index in [0.717, 1.165) is 12.8 Å². The third-order valence-electron chi connectivity index (χ3n) is 3.99. The molecule has 19 heavy (non-hydrogen) atoms. The Kier molecular flexibility index (Phi) is 6.24. The molecule has 4 nitrogen and oxygen atoms in total. The molecule has 4 heteroatoms. The molecule has 0 aromatic heterocycles. The lowest BCUT2D eigenvalue weighted by Crippen LogP contribution is -2.57. The maximum absolute atomic E-state index is 9.85. The van der Waals surface area contributed by atoms with Crippen molar-refractivity contribution in [1.82, 2.24) is 5.32 Å². The summed E-state index contributed by atoms with van der Waals surface area (Å²) in [5, 5.41) is 23.1. The summed E-state index contributed by atoms with van der Waals surface area (Å²) >= 11 is 0. The van der Waals surface area contributed by atoms with Crippen molar-refractivity contribution in [2.24, 2.45) is 11.3 Å². The maximum Gasteiger partial charge on any atom is 0.0897 e. The van der Waals surface area contributed by atoms with Crippen molar-refractivity contribution in [3.63, 3.8) is 0 Å². The van der Waals surface area contributed by atoms with E-state index in [1.165, 1.54) is 6.42 Å². The first kappa shape index (κ1) is 16.9. The molecule has 0 heterocycles. The Morgan fingerprint density at radius 3 is 2.58 bits per heavy atom.